The summed E-state index contributed by atoms with van der Waals surface area (Å²) >= 11 is 0. The van der Waals surface area contributed by atoms with Gasteiger partial charge in [0, 0.05) is 0 Å². The van der Waals surface area contributed by atoms with Crippen molar-refractivity contribution in [1.29, 1.82) is 0 Å². The van der Waals surface area contributed by atoms with Crippen molar-refractivity contribution in [1.82, 2.24) is 0 Å². The highest BCUT2D eigenvalue weighted by molar-refractivity contribution is 5.10. The third-order valence-electron chi connectivity index (χ3n) is 10.8. The molecule has 0 spiro atoms. The van der Waals surface area contributed by atoms with Gasteiger partial charge >= 0.3 is 0 Å². The monoisotopic (exact) mass is 390 g/mol. The Kier molecular flexibility index (Phi) is 5.49. The van der Waals surface area contributed by atoms with Gasteiger partial charge in [-0.15, -0.1) is 0 Å². The normalized spacial score (nSPS) is 53.0. The van der Waals surface area contributed by atoms with Gasteiger partial charge in [0.25, 0.3) is 0 Å². The summed E-state index contributed by atoms with van der Waals surface area (Å²) < 4.78 is 0. The first-order valence-electron chi connectivity index (χ1n) is 12.5. The Morgan fingerprint density at radius 2 is 1.54 bits per heavy atom. The number of fused-ring (bicyclic) bond motifs is 5. The first-order chi connectivity index (χ1) is 13.1. The van der Waals surface area contributed by atoms with Gasteiger partial charge in [-0.3, -0.25) is 0 Å². The molecule has 0 aliphatic heterocycles. The fraction of sp³-hybridized carbons (Fsp3) is 1.00. The molecule has 4 aliphatic carbocycles. The molecule has 162 valence electrons. The first kappa shape index (κ1) is 21.2. The van der Waals surface area contributed by atoms with Crippen LogP contribution in [0.2, 0.25) is 0 Å². The number of hydrogen-bond donors (Lipinski definition) is 2. The Morgan fingerprint density at radius 3 is 2.25 bits per heavy atom. The van der Waals surface area contributed by atoms with Crippen molar-refractivity contribution in [2.45, 2.75) is 117 Å². The molecule has 0 aromatic rings. The summed E-state index contributed by atoms with van der Waals surface area (Å²) in [4.78, 5) is 0. The second kappa shape index (κ2) is 7.26. The Bertz CT molecular complexity index is 569. The smallest absolute Gasteiger partial charge is 0.0622 e. The van der Waals surface area contributed by atoms with Gasteiger partial charge in [0.2, 0.25) is 0 Å². The maximum Gasteiger partial charge on any atom is 0.0622 e. The zero-order valence-electron chi connectivity index (χ0n) is 19.2. The minimum atomic E-state index is -0.419. The van der Waals surface area contributed by atoms with E-state index in [9.17, 15) is 10.2 Å². The quantitative estimate of drug-likeness (QED) is 0.600. The van der Waals surface area contributed by atoms with E-state index in [0.29, 0.717) is 10.8 Å². The molecule has 0 aromatic heterocycles. The number of aliphatic hydroxyl groups excluding tert-OH is 1. The van der Waals surface area contributed by atoms with Crippen LogP contribution < -0.4 is 0 Å². The lowest BCUT2D eigenvalue weighted by Gasteiger charge is -2.62. The molecule has 0 unspecified atom stereocenters. The highest BCUT2D eigenvalue weighted by atomic mass is 16.3. The van der Waals surface area contributed by atoms with Gasteiger partial charge in [-0.1, -0.05) is 20.8 Å². The molecular formula is C26H46O2. The summed E-state index contributed by atoms with van der Waals surface area (Å²) in [5.41, 5.74) is 0.586. The van der Waals surface area contributed by atoms with E-state index in [1.165, 1.54) is 51.4 Å². The van der Waals surface area contributed by atoms with E-state index >= 15 is 0 Å². The van der Waals surface area contributed by atoms with Gasteiger partial charge in [0.15, 0.2) is 0 Å². The number of rotatable bonds is 4. The van der Waals surface area contributed by atoms with Crippen LogP contribution >= 0.6 is 0 Å². The SMILES string of the molecule is C[C@H](CC[C@@H](C)O)[C@H]1CC[C@H]2[C@@H]3CC[C@@H]4C[C@@](C)(O)CC[C@]4(C)[C@H]3CC[C@]12C. The molecule has 28 heavy (non-hydrogen) atoms. The molecule has 10 atom stereocenters. The van der Waals surface area contributed by atoms with Gasteiger partial charge in [-0.05, 0) is 131 Å². The van der Waals surface area contributed by atoms with Gasteiger partial charge < -0.3 is 10.2 Å². The Labute approximate surface area is 173 Å². The van der Waals surface area contributed by atoms with Crippen LogP contribution in [0.1, 0.15) is 105 Å². The second-order valence-corrected chi connectivity index (χ2v) is 12.5. The van der Waals surface area contributed by atoms with E-state index in [2.05, 4.69) is 27.7 Å². The minimum absolute atomic E-state index is 0.151. The van der Waals surface area contributed by atoms with Crippen molar-refractivity contribution >= 4 is 0 Å². The molecule has 0 saturated heterocycles. The predicted octanol–water partition coefficient (Wildman–Crippen LogP) is 6.19. The topological polar surface area (TPSA) is 40.5 Å². The van der Waals surface area contributed by atoms with Gasteiger partial charge in [0.1, 0.15) is 0 Å². The summed E-state index contributed by atoms with van der Waals surface area (Å²) in [6.45, 7) is 11.7. The van der Waals surface area contributed by atoms with Crippen LogP contribution in [0.5, 0.6) is 0 Å². The van der Waals surface area contributed by atoms with Crippen LogP contribution in [0.3, 0.4) is 0 Å². The van der Waals surface area contributed by atoms with E-state index in [-0.39, 0.29) is 6.10 Å². The zero-order chi connectivity index (χ0) is 20.3. The summed E-state index contributed by atoms with van der Waals surface area (Å²) in [6.07, 6.45) is 13.7. The minimum Gasteiger partial charge on any atom is -0.393 e. The molecular weight excluding hydrogens is 344 g/mol. The van der Waals surface area contributed by atoms with Gasteiger partial charge in [-0.2, -0.15) is 0 Å². The Hall–Kier alpha value is -0.0800. The summed E-state index contributed by atoms with van der Waals surface area (Å²) in [7, 11) is 0. The summed E-state index contributed by atoms with van der Waals surface area (Å²) in [5.74, 6) is 5.09. The van der Waals surface area contributed by atoms with Crippen molar-refractivity contribution in [3.8, 4) is 0 Å². The molecule has 4 rings (SSSR count). The highest BCUT2D eigenvalue weighted by Crippen LogP contribution is 2.68. The molecule has 4 fully saturated rings. The molecule has 2 nitrogen and oxygen atoms in total. The maximum atomic E-state index is 10.7. The Balaban J connectivity index is 1.50. The van der Waals surface area contributed by atoms with Crippen LogP contribution in [-0.2, 0) is 0 Å². The maximum absolute atomic E-state index is 10.7. The van der Waals surface area contributed by atoms with E-state index in [4.69, 9.17) is 0 Å². The number of aliphatic hydroxyl groups is 2. The fourth-order valence-corrected chi connectivity index (χ4v) is 9.11. The van der Waals surface area contributed by atoms with E-state index in [1.54, 1.807) is 0 Å². The molecule has 4 saturated carbocycles. The lowest BCUT2D eigenvalue weighted by Crippen LogP contribution is -2.55. The standard InChI is InChI=1S/C26H46O2/c1-17(6-7-18(2)27)21-10-11-22-20-9-8-19-16-24(3,28)14-15-25(19,4)23(20)12-13-26(21,22)5/h17-23,27-28H,6-16H2,1-5H3/t17-,18-,19-,20+,21-,22+,23+,24+,25+,26-/m1/s1. The average molecular weight is 391 g/mol. The molecule has 0 heterocycles. The highest BCUT2D eigenvalue weighted by Gasteiger charge is 2.61. The second-order valence-electron chi connectivity index (χ2n) is 12.5. The Morgan fingerprint density at radius 1 is 0.821 bits per heavy atom. The van der Waals surface area contributed by atoms with E-state index in [1.807, 2.05) is 6.92 Å². The summed E-state index contributed by atoms with van der Waals surface area (Å²) in [5, 5.41) is 20.4. The van der Waals surface area contributed by atoms with Crippen LogP contribution in [0.4, 0.5) is 0 Å². The van der Waals surface area contributed by atoms with E-state index in [0.717, 1.165) is 54.8 Å². The van der Waals surface area contributed by atoms with Crippen molar-refractivity contribution in [2.75, 3.05) is 0 Å². The van der Waals surface area contributed by atoms with Gasteiger partial charge in [-0.25, -0.2) is 0 Å². The van der Waals surface area contributed by atoms with Crippen LogP contribution in [-0.4, -0.2) is 21.9 Å². The molecule has 2 N–H and O–H groups in total. The lowest BCUT2D eigenvalue weighted by molar-refractivity contribution is -0.148. The van der Waals surface area contributed by atoms with Crippen LogP contribution in [0.15, 0.2) is 0 Å². The summed E-state index contributed by atoms with van der Waals surface area (Å²) in [6, 6.07) is 0. The molecule has 0 radical (unpaired) electrons. The van der Waals surface area contributed by atoms with Crippen LogP contribution in [0.25, 0.3) is 0 Å². The van der Waals surface area contributed by atoms with E-state index < -0.39 is 5.60 Å². The van der Waals surface area contributed by atoms with Crippen molar-refractivity contribution < 1.29 is 10.2 Å². The third-order valence-corrected chi connectivity index (χ3v) is 10.8. The molecule has 0 bridgehead atoms. The van der Waals surface area contributed by atoms with Crippen molar-refractivity contribution in [3.63, 3.8) is 0 Å². The predicted molar refractivity (Wildman–Crippen MR) is 116 cm³/mol. The lowest BCUT2D eigenvalue weighted by atomic mass is 9.43. The molecule has 0 aromatic carbocycles. The molecule has 0 amide bonds. The third kappa shape index (κ3) is 3.39. The molecule has 4 aliphatic rings. The largest absolute Gasteiger partial charge is 0.393 e. The number of hydrogen-bond acceptors (Lipinski definition) is 2. The first-order valence-corrected chi connectivity index (χ1v) is 12.5. The zero-order valence-corrected chi connectivity index (χ0v) is 19.2. The van der Waals surface area contributed by atoms with Gasteiger partial charge in [0.05, 0.1) is 11.7 Å². The van der Waals surface area contributed by atoms with Crippen molar-refractivity contribution in [2.24, 2.45) is 46.3 Å². The average Bonchev–Trinajstić information content (AvgIpc) is 2.97. The van der Waals surface area contributed by atoms with Crippen LogP contribution in [0, 0.1) is 46.3 Å². The fourth-order valence-electron chi connectivity index (χ4n) is 9.11. The molecule has 2 heteroatoms. The van der Waals surface area contributed by atoms with Crippen molar-refractivity contribution in [3.05, 3.63) is 0 Å².